The highest BCUT2D eigenvalue weighted by Gasteiger charge is 2.15. The van der Waals surface area contributed by atoms with Crippen LogP contribution in [-0.4, -0.2) is 21.0 Å². The van der Waals surface area contributed by atoms with Crippen LogP contribution in [0.1, 0.15) is 10.4 Å². The van der Waals surface area contributed by atoms with Crippen LogP contribution in [0.4, 0.5) is 0 Å². The number of nitrogens with one attached hydrogen (secondary N) is 1. The van der Waals surface area contributed by atoms with Gasteiger partial charge < -0.3 is 10.1 Å². The van der Waals surface area contributed by atoms with Gasteiger partial charge in [0.05, 0.1) is 5.56 Å². The SMILES string of the molecule is O=C(O)c1cccc2[nH]cc(-c3cncc(-c4ccsc4)c3)c12. The van der Waals surface area contributed by atoms with E-state index in [4.69, 9.17) is 0 Å². The molecule has 0 saturated heterocycles. The molecule has 0 aliphatic heterocycles. The highest BCUT2D eigenvalue weighted by atomic mass is 32.1. The molecule has 4 nitrogen and oxygen atoms in total. The number of fused-ring (bicyclic) bond motifs is 1. The van der Waals surface area contributed by atoms with Crippen molar-refractivity contribution in [2.45, 2.75) is 0 Å². The van der Waals surface area contributed by atoms with Gasteiger partial charge in [-0.3, -0.25) is 4.98 Å². The summed E-state index contributed by atoms with van der Waals surface area (Å²) in [5.74, 6) is -0.932. The molecule has 0 saturated carbocycles. The van der Waals surface area contributed by atoms with E-state index < -0.39 is 5.97 Å². The maximum atomic E-state index is 11.5. The predicted molar refractivity (Wildman–Crippen MR) is 91.8 cm³/mol. The van der Waals surface area contributed by atoms with Crippen LogP contribution in [0.3, 0.4) is 0 Å². The van der Waals surface area contributed by atoms with Gasteiger partial charge in [-0.2, -0.15) is 11.3 Å². The first-order valence-electron chi connectivity index (χ1n) is 7.05. The van der Waals surface area contributed by atoms with Crippen molar-refractivity contribution in [2.24, 2.45) is 0 Å². The summed E-state index contributed by atoms with van der Waals surface area (Å²) in [7, 11) is 0. The van der Waals surface area contributed by atoms with Crippen molar-refractivity contribution in [1.29, 1.82) is 0 Å². The zero-order valence-corrected chi connectivity index (χ0v) is 12.8. The summed E-state index contributed by atoms with van der Waals surface area (Å²) in [6.07, 6.45) is 5.42. The first kappa shape index (κ1) is 13.7. The number of pyridine rings is 1. The molecule has 0 bridgehead atoms. The number of thiophene rings is 1. The van der Waals surface area contributed by atoms with Gasteiger partial charge in [-0.25, -0.2) is 4.79 Å². The van der Waals surface area contributed by atoms with Crippen LogP contribution in [0, 0.1) is 0 Å². The summed E-state index contributed by atoms with van der Waals surface area (Å²) in [4.78, 5) is 19.0. The first-order valence-corrected chi connectivity index (χ1v) is 8.00. The van der Waals surface area contributed by atoms with Gasteiger partial charge in [-0.15, -0.1) is 0 Å². The summed E-state index contributed by atoms with van der Waals surface area (Å²) in [6.45, 7) is 0. The third kappa shape index (κ3) is 2.31. The van der Waals surface area contributed by atoms with Crippen molar-refractivity contribution in [2.75, 3.05) is 0 Å². The van der Waals surface area contributed by atoms with Gasteiger partial charge in [0.25, 0.3) is 0 Å². The summed E-state index contributed by atoms with van der Waals surface area (Å²) in [5.41, 5.74) is 4.98. The predicted octanol–water partition coefficient (Wildman–Crippen LogP) is 4.66. The van der Waals surface area contributed by atoms with E-state index in [0.29, 0.717) is 10.9 Å². The second kappa shape index (κ2) is 5.37. The second-order valence-electron chi connectivity index (χ2n) is 5.21. The molecule has 0 aliphatic carbocycles. The Kier molecular flexibility index (Phi) is 3.20. The summed E-state index contributed by atoms with van der Waals surface area (Å²) in [6, 6.07) is 9.32. The molecule has 3 aromatic heterocycles. The fourth-order valence-corrected chi connectivity index (χ4v) is 3.43. The molecule has 23 heavy (non-hydrogen) atoms. The van der Waals surface area contributed by atoms with E-state index in [1.165, 1.54) is 0 Å². The number of aromatic carboxylic acids is 1. The summed E-state index contributed by atoms with van der Waals surface area (Å²) < 4.78 is 0. The Bertz CT molecular complexity index is 1000. The number of benzene rings is 1. The minimum atomic E-state index is -0.932. The van der Waals surface area contributed by atoms with E-state index >= 15 is 0 Å². The van der Waals surface area contributed by atoms with Crippen molar-refractivity contribution >= 4 is 28.2 Å². The minimum Gasteiger partial charge on any atom is -0.478 e. The van der Waals surface area contributed by atoms with Crippen molar-refractivity contribution in [3.05, 3.63) is 65.2 Å². The fraction of sp³-hybridized carbons (Fsp3) is 0. The Morgan fingerprint density at radius 1 is 1.13 bits per heavy atom. The monoisotopic (exact) mass is 320 g/mol. The van der Waals surface area contributed by atoms with E-state index in [1.807, 2.05) is 36.0 Å². The van der Waals surface area contributed by atoms with Gasteiger partial charge in [0, 0.05) is 46.2 Å². The Labute approximate surface area is 136 Å². The summed E-state index contributed by atoms with van der Waals surface area (Å²) >= 11 is 1.64. The molecule has 4 rings (SSSR count). The number of hydrogen-bond donors (Lipinski definition) is 2. The van der Waals surface area contributed by atoms with Gasteiger partial charge in [0.15, 0.2) is 0 Å². The zero-order valence-electron chi connectivity index (χ0n) is 12.0. The third-order valence-electron chi connectivity index (χ3n) is 3.84. The average molecular weight is 320 g/mol. The lowest BCUT2D eigenvalue weighted by molar-refractivity contribution is 0.0699. The standard InChI is InChI=1S/C18H12N2O2S/c21-18(22)14-2-1-3-16-17(14)15(9-20-16)13-6-12(7-19-8-13)11-4-5-23-10-11/h1-10,20H,(H,21,22). The van der Waals surface area contributed by atoms with Crippen molar-refractivity contribution in [3.63, 3.8) is 0 Å². The van der Waals surface area contributed by atoms with E-state index in [2.05, 4.69) is 15.3 Å². The quantitative estimate of drug-likeness (QED) is 0.577. The number of hydrogen-bond acceptors (Lipinski definition) is 3. The van der Waals surface area contributed by atoms with Crippen LogP contribution in [0.25, 0.3) is 33.2 Å². The molecular formula is C18H12N2O2S. The molecule has 0 aliphatic rings. The largest absolute Gasteiger partial charge is 0.478 e. The van der Waals surface area contributed by atoms with Crippen LogP contribution in [0.15, 0.2) is 59.7 Å². The molecule has 112 valence electrons. The lowest BCUT2D eigenvalue weighted by Gasteiger charge is -2.05. The number of carboxylic acids is 1. The molecule has 3 heterocycles. The Hall–Kier alpha value is -2.92. The third-order valence-corrected chi connectivity index (χ3v) is 4.52. The van der Waals surface area contributed by atoms with Crippen LogP contribution in [0.2, 0.25) is 0 Å². The Morgan fingerprint density at radius 3 is 2.78 bits per heavy atom. The smallest absolute Gasteiger partial charge is 0.336 e. The minimum absolute atomic E-state index is 0.291. The van der Waals surface area contributed by atoms with E-state index in [0.717, 1.165) is 27.8 Å². The van der Waals surface area contributed by atoms with Crippen LogP contribution in [-0.2, 0) is 0 Å². The molecule has 0 spiro atoms. The molecule has 4 aromatic rings. The van der Waals surface area contributed by atoms with E-state index in [-0.39, 0.29) is 0 Å². The lowest BCUT2D eigenvalue weighted by Crippen LogP contribution is -1.97. The Balaban J connectivity index is 1.93. The van der Waals surface area contributed by atoms with Gasteiger partial charge in [0.1, 0.15) is 0 Å². The maximum absolute atomic E-state index is 11.5. The number of rotatable bonds is 3. The van der Waals surface area contributed by atoms with Crippen LogP contribution >= 0.6 is 11.3 Å². The van der Waals surface area contributed by atoms with Gasteiger partial charge in [-0.1, -0.05) is 6.07 Å². The average Bonchev–Trinajstić information content (AvgIpc) is 3.24. The summed E-state index contributed by atoms with van der Waals surface area (Å²) in [5, 5.41) is 14.3. The van der Waals surface area contributed by atoms with Gasteiger partial charge in [-0.05, 0) is 40.6 Å². The lowest BCUT2D eigenvalue weighted by atomic mass is 10.00. The van der Waals surface area contributed by atoms with Crippen molar-refractivity contribution in [1.82, 2.24) is 9.97 Å². The highest BCUT2D eigenvalue weighted by Crippen LogP contribution is 2.33. The molecule has 0 fully saturated rings. The normalized spacial score (nSPS) is 11.0. The molecule has 0 amide bonds. The number of nitrogens with zero attached hydrogens (tertiary/aromatic N) is 1. The van der Waals surface area contributed by atoms with E-state index in [1.54, 1.807) is 29.7 Å². The topological polar surface area (TPSA) is 66.0 Å². The van der Waals surface area contributed by atoms with Crippen LogP contribution in [0.5, 0.6) is 0 Å². The zero-order chi connectivity index (χ0) is 15.8. The van der Waals surface area contributed by atoms with Crippen molar-refractivity contribution in [3.8, 4) is 22.3 Å². The molecular weight excluding hydrogens is 308 g/mol. The van der Waals surface area contributed by atoms with Crippen molar-refractivity contribution < 1.29 is 9.90 Å². The van der Waals surface area contributed by atoms with Crippen LogP contribution < -0.4 is 0 Å². The number of carbonyl (C=O) groups is 1. The fourth-order valence-electron chi connectivity index (χ4n) is 2.76. The molecule has 0 radical (unpaired) electrons. The number of aromatic amines is 1. The van der Waals surface area contributed by atoms with Gasteiger partial charge in [0.2, 0.25) is 0 Å². The second-order valence-corrected chi connectivity index (χ2v) is 5.99. The molecule has 1 aromatic carbocycles. The molecule has 2 N–H and O–H groups in total. The first-order chi connectivity index (χ1) is 11.2. The maximum Gasteiger partial charge on any atom is 0.336 e. The molecule has 5 heteroatoms. The molecule has 0 atom stereocenters. The molecule has 0 unspecified atom stereocenters. The number of H-pyrrole nitrogens is 1. The highest BCUT2D eigenvalue weighted by molar-refractivity contribution is 7.08. The number of aromatic nitrogens is 2. The Morgan fingerprint density at radius 2 is 2.00 bits per heavy atom. The number of carboxylic acid groups (broad SMARTS) is 1. The van der Waals surface area contributed by atoms with E-state index in [9.17, 15) is 9.90 Å². The van der Waals surface area contributed by atoms with Gasteiger partial charge >= 0.3 is 5.97 Å².